The van der Waals surface area contributed by atoms with E-state index in [1.54, 1.807) is 6.08 Å². The van der Waals surface area contributed by atoms with Crippen molar-refractivity contribution in [2.24, 2.45) is 4.99 Å². The highest BCUT2D eigenvalue weighted by Gasteiger charge is 2.52. The Bertz CT molecular complexity index is 1550. The van der Waals surface area contributed by atoms with Crippen molar-refractivity contribution < 1.29 is 19.4 Å². The van der Waals surface area contributed by atoms with Crippen LogP contribution in [0, 0.1) is 0 Å². The lowest BCUT2D eigenvalue weighted by atomic mass is 9.84. The first kappa shape index (κ1) is 30.1. The molecule has 220 valence electrons. The summed E-state index contributed by atoms with van der Waals surface area (Å²) in [4.78, 5) is 19.0. The molecule has 2 atom stereocenters. The van der Waals surface area contributed by atoms with Gasteiger partial charge in [-0.15, -0.1) is 6.58 Å². The summed E-state index contributed by atoms with van der Waals surface area (Å²) >= 11 is 6.35. The van der Waals surface area contributed by atoms with Crippen LogP contribution in [0.2, 0.25) is 5.02 Å². The lowest BCUT2D eigenvalue weighted by molar-refractivity contribution is -0.128. The molecular weight excluding hydrogens is 560 g/mol. The topological polar surface area (TPSA) is 80.2 Å². The Morgan fingerprint density at radius 1 is 0.953 bits per heavy atom. The van der Waals surface area contributed by atoms with E-state index < -0.39 is 11.6 Å². The number of rotatable bonds is 13. The number of hydrogen-bond acceptors (Lipinski definition) is 5. The number of carbonyl (C=O) groups is 1. The average Bonchev–Trinajstić information content (AvgIpc) is 3.43. The molecule has 4 aromatic carbocycles. The second-order valence-electron chi connectivity index (χ2n) is 10.4. The number of ether oxygens (including phenoxy) is 2. The molecule has 43 heavy (non-hydrogen) atoms. The standard InChI is InChI=1S/C36H35ClN2O4/c1-2-22-36(35(41)38-23-21-28-11-6-7-12-32(28)37)33(29-15-13-27(14-16-29)26-9-4-3-5-10-26)43-34(39-36)30-17-19-31(20-18-30)42-25-8-24-40/h2-7,9-20,33,40H,1,8,21-25H2,(H,38,41)/t33-,36-/m1/s1. The van der Waals surface area contributed by atoms with E-state index in [1.807, 2.05) is 91.0 Å². The fourth-order valence-corrected chi connectivity index (χ4v) is 5.41. The molecule has 6 nitrogen and oxygen atoms in total. The fourth-order valence-electron chi connectivity index (χ4n) is 5.18. The van der Waals surface area contributed by atoms with Crippen molar-refractivity contribution in [2.45, 2.75) is 30.9 Å². The Labute approximate surface area is 257 Å². The molecule has 0 saturated heterocycles. The zero-order valence-electron chi connectivity index (χ0n) is 23.9. The van der Waals surface area contributed by atoms with E-state index in [9.17, 15) is 4.79 Å². The van der Waals surface area contributed by atoms with Crippen LogP contribution in [0.1, 0.15) is 35.6 Å². The van der Waals surface area contributed by atoms with Crippen molar-refractivity contribution in [2.75, 3.05) is 19.8 Å². The van der Waals surface area contributed by atoms with Crippen molar-refractivity contribution in [1.29, 1.82) is 0 Å². The highest BCUT2D eigenvalue weighted by molar-refractivity contribution is 6.31. The molecule has 0 saturated carbocycles. The average molecular weight is 595 g/mol. The molecule has 1 heterocycles. The molecule has 0 fully saturated rings. The molecule has 0 aliphatic carbocycles. The van der Waals surface area contributed by atoms with Gasteiger partial charge >= 0.3 is 0 Å². The second-order valence-corrected chi connectivity index (χ2v) is 10.8. The summed E-state index contributed by atoms with van der Waals surface area (Å²) in [6.45, 7) is 4.85. The van der Waals surface area contributed by atoms with Crippen LogP contribution in [0.5, 0.6) is 5.75 Å². The van der Waals surface area contributed by atoms with Gasteiger partial charge < -0.3 is 19.9 Å². The zero-order valence-corrected chi connectivity index (χ0v) is 24.7. The summed E-state index contributed by atoms with van der Waals surface area (Å²) in [5, 5.41) is 12.8. The fraction of sp³-hybridized carbons (Fsp3) is 0.222. The molecule has 1 aliphatic heterocycles. The van der Waals surface area contributed by atoms with E-state index in [2.05, 4.69) is 24.0 Å². The van der Waals surface area contributed by atoms with Crippen LogP contribution in [0.3, 0.4) is 0 Å². The lowest BCUT2D eigenvalue weighted by Gasteiger charge is -2.30. The summed E-state index contributed by atoms with van der Waals surface area (Å²) in [6, 6.07) is 33.2. The van der Waals surface area contributed by atoms with Crippen LogP contribution in [0.25, 0.3) is 11.1 Å². The first-order valence-corrected chi connectivity index (χ1v) is 14.8. The molecule has 1 aliphatic rings. The van der Waals surface area contributed by atoms with E-state index in [-0.39, 0.29) is 18.9 Å². The second kappa shape index (κ2) is 14.2. The third-order valence-corrected chi connectivity index (χ3v) is 7.81. The molecule has 7 heteroatoms. The van der Waals surface area contributed by atoms with Gasteiger partial charge in [-0.25, -0.2) is 4.99 Å². The smallest absolute Gasteiger partial charge is 0.252 e. The van der Waals surface area contributed by atoms with Crippen LogP contribution < -0.4 is 10.1 Å². The summed E-state index contributed by atoms with van der Waals surface area (Å²) in [7, 11) is 0. The quantitative estimate of drug-likeness (QED) is 0.130. The SMILES string of the molecule is C=CC[C@@]1(C(=O)NCCc2ccccc2Cl)N=C(c2ccc(OCCCO)cc2)O[C@@H]1c1ccc(-c2ccccc2)cc1. The molecular formula is C36H35ClN2O4. The van der Waals surface area contributed by atoms with Crippen molar-refractivity contribution >= 4 is 23.4 Å². The highest BCUT2D eigenvalue weighted by atomic mass is 35.5. The number of amides is 1. The van der Waals surface area contributed by atoms with Crippen LogP contribution in [0.4, 0.5) is 0 Å². The van der Waals surface area contributed by atoms with Crippen molar-refractivity contribution in [1.82, 2.24) is 5.32 Å². The minimum Gasteiger partial charge on any atom is -0.494 e. The van der Waals surface area contributed by atoms with Crippen molar-refractivity contribution in [3.8, 4) is 16.9 Å². The van der Waals surface area contributed by atoms with Gasteiger partial charge in [-0.3, -0.25) is 4.79 Å². The van der Waals surface area contributed by atoms with Crippen LogP contribution in [-0.2, 0) is 16.0 Å². The van der Waals surface area contributed by atoms with Crippen LogP contribution >= 0.6 is 11.6 Å². The van der Waals surface area contributed by atoms with Crippen molar-refractivity contribution in [3.05, 3.63) is 137 Å². The Kier molecular flexibility index (Phi) is 9.92. The number of hydrogen-bond donors (Lipinski definition) is 2. The molecule has 0 spiro atoms. The number of nitrogens with one attached hydrogen (secondary N) is 1. The van der Waals surface area contributed by atoms with Gasteiger partial charge in [-0.05, 0) is 59.0 Å². The van der Waals surface area contributed by atoms with Gasteiger partial charge in [-0.2, -0.15) is 0 Å². The number of aliphatic imine (C=N–C) groups is 1. The summed E-state index contributed by atoms with van der Waals surface area (Å²) in [5.74, 6) is 0.816. The van der Waals surface area contributed by atoms with E-state index in [1.165, 1.54) is 0 Å². The lowest BCUT2D eigenvalue weighted by Crippen LogP contribution is -2.48. The first-order valence-electron chi connectivity index (χ1n) is 14.4. The number of carbonyl (C=O) groups excluding carboxylic acids is 1. The molecule has 0 radical (unpaired) electrons. The molecule has 5 rings (SSSR count). The molecule has 0 aromatic heterocycles. The van der Waals surface area contributed by atoms with E-state index in [4.69, 9.17) is 31.2 Å². The normalized spacial score (nSPS) is 17.5. The Morgan fingerprint density at radius 2 is 1.63 bits per heavy atom. The summed E-state index contributed by atoms with van der Waals surface area (Å²) < 4.78 is 12.2. The zero-order chi connectivity index (χ0) is 30.1. The Hall–Kier alpha value is -4.39. The van der Waals surface area contributed by atoms with Gasteiger partial charge in [0.15, 0.2) is 11.6 Å². The maximum atomic E-state index is 14.1. The summed E-state index contributed by atoms with van der Waals surface area (Å²) in [5.41, 5.74) is 3.44. The number of benzene rings is 4. The Morgan fingerprint density at radius 3 is 2.33 bits per heavy atom. The van der Waals surface area contributed by atoms with E-state index >= 15 is 0 Å². The predicted octanol–water partition coefficient (Wildman–Crippen LogP) is 6.96. The monoisotopic (exact) mass is 594 g/mol. The third kappa shape index (κ3) is 6.99. The van der Waals surface area contributed by atoms with Gasteiger partial charge in [0, 0.05) is 36.6 Å². The van der Waals surface area contributed by atoms with Crippen LogP contribution in [0.15, 0.2) is 121 Å². The van der Waals surface area contributed by atoms with Crippen LogP contribution in [-0.4, -0.2) is 42.2 Å². The minimum absolute atomic E-state index is 0.0717. The van der Waals surface area contributed by atoms with E-state index in [0.29, 0.717) is 42.7 Å². The molecule has 4 aromatic rings. The minimum atomic E-state index is -1.26. The maximum Gasteiger partial charge on any atom is 0.252 e. The number of halogens is 1. The number of aliphatic hydroxyl groups excluding tert-OH is 1. The van der Waals surface area contributed by atoms with Gasteiger partial charge in [0.2, 0.25) is 5.90 Å². The third-order valence-electron chi connectivity index (χ3n) is 7.44. The molecule has 0 bridgehead atoms. The Balaban J connectivity index is 1.44. The van der Waals surface area contributed by atoms with Crippen molar-refractivity contribution in [3.63, 3.8) is 0 Å². The van der Waals surface area contributed by atoms with E-state index in [0.717, 1.165) is 27.8 Å². The van der Waals surface area contributed by atoms with Gasteiger partial charge in [0.05, 0.1) is 6.61 Å². The first-order chi connectivity index (χ1) is 21.0. The predicted molar refractivity (Wildman–Crippen MR) is 172 cm³/mol. The molecule has 0 unspecified atom stereocenters. The number of nitrogens with zero attached hydrogens (tertiary/aromatic N) is 1. The summed E-state index contributed by atoms with van der Waals surface area (Å²) in [6.07, 6.45) is 2.46. The van der Waals surface area contributed by atoms with Gasteiger partial charge in [-0.1, -0.05) is 90.5 Å². The molecule has 1 amide bonds. The number of aliphatic hydroxyl groups is 1. The largest absolute Gasteiger partial charge is 0.494 e. The van der Waals surface area contributed by atoms with Gasteiger partial charge in [0.1, 0.15) is 5.75 Å². The molecule has 2 N–H and O–H groups in total. The maximum absolute atomic E-state index is 14.1. The highest BCUT2D eigenvalue weighted by Crippen LogP contribution is 2.43. The van der Waals surface area contributed by atoms with Gasteiger partial charge in [0.25, 0.3) is 5.91 Å².